The van der Waals surface area contributed by atoms with Crippen molar-refractivity contribution < 1.29 is 23.9 Å². The first-order valence-corrected chi connectivity index (χ1v) is 15.0. The average molecular weight is 584 g/mol. The number of carbonyl (C=O) groups is 3. The predicted octanol–water partition coefficient (Wildman–Crippen LogP) is 5.82. The van der Waals surface area contributed by atoms with Gasteiger partial charge in [-0.1, -0.05) is 54.8 Å². The Morgan fingerprint density at radius 2 is 1.58 bits per heavy atom. The van der Waals surface area contributed by atoms with Crippen molar-refractivity contribution in [1.82, 2.24) is 15.1 Å². The summed E-state index contributed by atoms with van der Waals surface area (Å²) < 4.78 is 10.6. The molecule has 1 N–H and O–H groups in total. The quantitative estimate of drug-likeness (QED) is 0.325. The van der Waals surface area contributed by atoms with E-state index >= 15 is 0 Å². The van der Waals surface area contributed by atoms with E-state index in [9.17, 15) is 14.4 Å². The van der Waals surface area contributed by atoms with E-state index in [0.717, 1.165) is 53.5 Å². The van der Waals surface area contributed by atoms with E-state index in [1.807, 2.05) is 35.2 Å². The number of methoxy groups -OCH3 is 2. The Morgan fingerprint density at radius 1 is 0.860 bits per heavy atom. The smallest absolute Gasteiger partial charge is 0.327 e. The minimum atomic E-state index is -0.231. The van der Waals surface area contributed by atoms with Gasteiger partial charge >= 0.3 is 6.03 Å². The molecule has 1 aliphatic carbocycles. The van der Waals surface area contributed by atoms with Crippen LogP contribution in [-0.2, 0) is 24.3 Å². The van der Waals surface area contributed by atoms with Crippen LogP contribution in [0.5, 0.6) is 11.5 Å². The van der Waals surface area contributed by atoms with E-state index in [2.05, 4.69) is 37.4 Å². The number of nitrogens with one attached hydrogen (secondary N) is 1. The van der Waals surface area contributed by atoms with Crippen molar-refractivity contribution in [2.45, 2.75) is 65.1 Å². The second kappa shape index (κ2) is 13.3. The Labute approximate surface area is 254 Å². The number of hydrogen-bond acceptors (Lipinski definition) is 5. The molecule has 0 bridgehead atoms. The molecular weight excluding hydrogens is 542 g/mol. The van der Waals surface area contributed by atoms with E-state index in [0.29, 0.717) is 36.6 Å². The van der Waals surface area contributed by atoms with Gasteiger partial charge in [0.25, 0.3) is 5.91 Å². The third-order valence-electron chi connectivity index (χ3n) is 8.74. The maximum absolute atomic E-state index is 13.8. The minimum Gasteiger partial charge on any atom is -0.493 e. The van der Waals surface area contributed by atoms with E-state index in [4.69, 9.17) is 9.47 Å². The van der Waals surface area contributed by atoms with E-state index in [1.54, 1.807) is 26.4 Å². The summed E-state index contributed by atoms with van der Waals surface area (Å²) in [5.74, 6) is 0.883. The molecule has 3 aromatic carbocycles. The zero-order valence-electron chi connectivity index (χ0n) is 25.5. The molecule has 0 spiro atoms. The molecule has 1 saturated carbocycles. The Bertz CT molecular complexity index is 1490. The van der Waals surface area contributed by atoms with Gasteiger partial charge in [-0.25, -0.2) is 4.79 Å². The van der Waals surface area contributed by atoms with Gasteiger partial charge in [-0.2, -0.15) is 0 Å². The second-order valence-corrected chi connectivity index (χ2v) is 11.6. The van der Waals surface area contributed by atoms with Crippen LogP contribution in [0.25, 0.3) is 0 Å². The van der Waals surface area contributed by atoms with Crippen molar-refractivity contribution in [2.24, 2.45) is 5.92 Å². The number of hydrogen-bond donors (Lipinski definition) is 1. The van der Waals surface area contributed by atoms with Crippen molar-refractivity contribution in [1.29, 1.82) is 0 Å². The molecule has 0 aromatic heterocycles. The third-order valence-corrected chi connectivity index (χ3v) is 8.74. The molecule has 4 amide bonds. The highest BCUT2D eigenvalue weighted by Gasteiger charge is 2.46. The van der Waals surface area contributed by atoms with Gasteiger partial charge in [0.15, 0.2) is 11.5 Å². The molecule has 8 heteroatoms. The van der Waals surface area contributed by atoms with Crippen molar-refractivity contribution in [3.63, 3.8) is 0 Å². The summed E-state index contributed by atoms with van der Waals surface area (Å²) in [6, 6.07) is 18.9. The van der Waals surface area contributed by atoms with Crippen molar-refractivity contribution in [2.75, 3.05) is 20.8 Å². The summed E-state index contributed by atoms with van der Waals surface area (Å²) >= 11 is 0. The molecule has 1 saturated heterocycles. The van der Waals surface area contributed by atoms with Gasteiger partial charge in [-0.15, -0.1) is 0 Å². The lowest BCUT2D eigenvalue weighted by atomic mass is 9.80. The maximum atomic E-state index is 13.8. The van der Waals surface area contributed by atoms with Crippen LogP contribution >= 0.6 is 0 Å². The SMILES string of the molecule is COc1ccc(CCNC(=O)c2ccc(CN3C(=O)C4CCCCC4N(Cc4cc(C)ccc4C)C3=O)cc2)cc1OC. The van der Waals surface area contributed by atoms with Crippen LogP contribution in [0.2, 0.25) is 0 Å². The molecule has 0 radical (unpaired) electrons. The normalized spacial score (nSPS) is 18.3. The van der Waals surface area contributed by atoms with E-state index in [-0.39, 0.29) is 36.3 Å². The highest BCUT2D eigenvalue weighted by atomic mass is 16.5. The summed E-state index contributed by atoms with van der Waals surface area (Å²) in [5, 5.41) is 2.96. The molecule has 2 unspecified atom stereocenters. The van der Waals surface area contributed by atoms with Gasteiger partial charge in [0.2, 0.25) is 5.91 Å². The summed E-state index contributed by atoms with van der Waals surface area (Å²) in [6.07, 6.45) is 4.34. The van der Waals surface area contributed by atoms with Gasteiger partial charge < -0.3 is 19.7 Å². The van der Waals surface area contributed by atoms with Crippen LogP contribution in [0.3, 0.4) is 0 Å². The number of ether oxygens (including phenoxy) is 2. The minimum absolute atomic E-state index is 0.0602. The highest BCUT2D eigenvalue weighted by Crippen LogP contribution is 2.36. The average Bonchev–Trinajstić information content (AvgIpc) is 3.03. The number of urea groups is 1. The lowest BCUT2D eigenvalue weighted by molar-refractivity contribution is -0.141. The first-order chi connectivity index (χ1) is 20.8. The van der Waals surface area contributed by atoms with Crippen molar-refractivity contribution in [3.8, 4) is 11.5 Å². The number of imide groups is 1. The molecule has 1 aliphatic heterocycles. The predicted molar refractivity (Wildman–Crippen MR) is 165 cm³/mol. The zero-order valence-corrected chi connectivity index (χ0v) is 25.5. The maximum Gasteiger partial charge on any atom is 0.327 e. The van der Waals surface area contributed by atoms with Crippen molar-refractivity contribution in [3.05, 3.63) is 94.0 Å². The van der Waals surface area contributed by atoms with Crippen LogP contribution in [0, 0.1) is 19.8 Å². The second-order valence-electron chi connectivity index (χ2n) is 11.6. The number of rotatable bonds is 10. The first kappa shape index (κ1) is 30.1. The highest BCUT2D eigenvalue weighted by molar-refractivity contribution is 5.99. The van der Waals surface area contributed by atoms with Gasteiger partial charge in [0.1, 0.15) is 0 Å². The van der Waals surface area contributed by atoms with E-state index < -0.39 is 0 Å². The molecule has 2 fully saturated rings. The number of fused-ring (bicyclic) bond motifs is 1. The summed E-state index contributed by atoms with van der Waals surface area (Å²) in [7, 11) is 3.19. The molecule has 5 rings (SSSR count). The lowest BCUT2D eigenvalue weighted by Gasteiger charge is -2.47. The number of amides is 4. The Morgan fingerprint density at radius 3 is 2.33 bits per heavy atom. The molecule has 2 aliphatic rings. The number of benzene rings is 3. The number of nitrogens with zero attached hydrogens (tertiary/aromatic N) is 2. The van der Waals surface area contributed by atoms with Crippen LogP contribution in [0.4, 0.5) is 4.79 Å². The van der Waals surface area contributed by atoms with Crippen LogP contribution in [-0.4, -0.2) is 54.5 Å². The van der Waals surface area contributed by atoms with Gasteiger partial charge in [0, 0.05) is 24.7 Å². The molecule has 1 heterocycles. The number of aryl methyl sites for hydroxylation is 2. The molecule has 3 aromatic rings. The standard InChI is InChI=1S/C35H41N3O5/c1-23-9-10-24(2)28(19-23)22-37-30-8-6-5-7-29(30)34(40)38(35(37)41)21-26-11-14-27(15-12-26)33(39)36-18-17-25-13-16-31(42-3)32(20-25)43-4/h9-16,19-20,29-30H,5-8,17-18,21-22H2,1-4H3,(H,36,39). The summed E-state index contributed by atoms with van der Waals surface area (Å²) in [5.41, 5.74) is 5.78. The van der Waals surface area contributed by atoms with Crippen LogP contribution in [0.15, 0.2) is 60.7 Å². The third kappa shape index (κ3) is 6.69. The molecular formula is C35H41N3O5. The van der Waals surface area contributed by atoms with E-state index in [1.165, 1.54) is 4.90 Å². The van der Waals surface area contributed by atoms with Crippen LogP contribution in [0.1, 0.15) is 63.9 Å². The largest absolute Gasteiger partial charge is 0.493 e. The lowest BCUT2D eigenvalue weighted by Crippen LogP contribution is -2.61. The van der Waals surface area contributed by atoms with Gasteiger partial charge in [-0.05, 0) is 79.6 Å². The summed E-state index contributed by atoms with van der Waals surface area (Å²) in [6.45, 7) is 5.28. The van der Waals surface area contributed by atoms with Crippen LogP contribution < -0.4 is 14.8 Å². The fourth-order valence-corrected chi connectivity index (χ4v) is 6.25. The monoisotopic (exact) mass is 583 g/mol. The zero-order chi connectivity index (χ0) is 30.5. The molecule has 8 nitrogen and oxygen atoms in total. The molecule has 2 atom stereocenters. The van der Waals surface area contributed by atoms with Gasteiger partial charge in [0.05, 0.1) is 26.7 Å². The van der Waals surface area contributed by atoms with Crippen molar-refractivity contribution >= 4 is 17.8 Å². The topological polar surface area (TPSA) is 88.2 Å². The summed E-state index contributed by atoms with van der Waals surface area (Å²) in [4.78, 5) is 43.6. The fourth-order valence-electron chi connectivity index (χ4n) is 6.25. The molecule has 43 heavy (non-hydrogen) atoms. The Kier molecular flexibility index (Phi) is 9.34. The fraction of sp³-hybridized carbons (Fsp3) is 0.400. The Balaban J connectivity index is 1.23. The number of carbonyl (C=O) groups excluding carboxylic acids is 3. The Hall–Kier alpha value is -4.33. The van der Waals surface area contributed by atoms with Gasteiger partial charge in [-0.3, -0.25) is 14.5 Å². The first-order valence-electron chi connectivity index (χ1n) is 15.0. The molecule has 226 valence electrons.